The highest BCUT2D eigenvalue weighted by molar-refractivity contribution is 5.81. The van der Waals surface area contributed by atoms with Crippen molar-refractivity contribution in [2.45, 2.75) is 64.5 Å². The summed E-state index contributed by atoms with van der Waals surface area (Å²) in [5.74, 6) is 0.936. The maximum atomic E-state index is 12.6. The first-order valence-electron chi connectivity index (χ1n) is 10.7. The minimum absolute atomic E-state index is 0.0143. The van der Waals surface area contributed by atoms with Gasteiger partial charge in [-0.25, -0.2) is 0 Å². The third-order valence-corrected chi connectivity index (χ3v) is 5.98. The molecule has 0 aromatic heterocycles. The number of benzene rings is 1. The molecule has 0 radical (unpaired) electrons. The van der Waals surface area contributed by atoms with Crippen LogP contribution >= 0.6 is 0 Å². The monoisotopic (exact) mass is 401 g/mol. The lowest BCUT2D eigenvalue weighted by molar-refractivity contribution is -0.129. The van der Waals surface area contributed by atoms with Gasteiger partial charge in [-0.3, -0.25) is 9.59 Å². The summed E-state index contributed by atoms with van der Waals surface area (Å²) >= 11 is 0. The number of nitrogens with zero attached hydrogens (tertiary/aromatic N) is 1. The molecule has 2 N–H and O–H groups in total. The molecule has 6 nitrogen and oxygen atoms in total. The Bertz CT molecular complexity index is 733. The van der Waals surface area contributed by atoms with E-state index in [0.717, 1.165) is 43.7 Å². The maximum absolute atomic E-state index is 12.6. The summed E-state index contributed by atoms with van der Waals surface area (Å²) in [6, 6.07) is 8.01. The Morgan fingerprint density at radius 2 is 1.90 bits per heavy atom. The minimum atomic E-state index is -0.406. The number of rotatable bonds is 5. The number of likely N-dealkylation sites (tertiary alicyclic amines) is 1. The fourth-order valence-corrected chi connectivity index (χ4v) is 4.06. The summed E-state index contributed by atoms with van der Waals surface area (Å²) in [7, 11) is 2.14. The number of hydrogen-bond donors (Lipinski definition) is 2. The van der Waals surface area contributed by atoms with Crippen molar-refractivity contribution >= 4 is 11.8 Å². The first-order valence-corrected chi connectivity index (χ1v) is 10.7. The molecule has 0 bridgehead atoms. The number of amides is 2. The van der Waals surface area contributed by atoms with Gasteiger partial charge in [-0.2, -0.15) is 0 Å². The molecule has 0 saturated carbocycles. The lowest BCUT2D eigenvalue weighted by Crippen LogP contribution is -2.51. The summed E-state index contributed by atoms with van der Waals surface area (Å²) in [4.78, 5) is 26.9. The molecule has 2 amide bonds. The van der Waals surface area contributed by atoms with E-state index in [1.54, 1.807) is 0 Å². The van der Waals surface area contributed by atoms with E-state index in [4.69, 9.17) is 4.74 Å². The molecule has 1 aromatic carbocycles. The van der Waals surface area contributed by atoms with Gasteiger partial charge in [0.2, 0.25) is 11.8 Å². The lowest BCUT2D eigenvalue weighted by Gasteiger charge is -2.46. The normalized spacial score (nSPS) is 21.2. The van der Waals surface area contributed by atoms with Crippen molar-refractivity contribution < 1.29 is 14.3 Å². The predicted octanol–water partition coefficient (Wildman–Crippen LogP) is 3.03. The Labute approximate surface area is 174 Å². The molecule has 6 heteroatoms. The van der Waals surface area contributed by atoms with Crippen LogP contribution in [0.25, 0.3) is 0 Å². The van der Waals surface area contributed by atoms with Gasteiger partial charge in [0.1, 0.15) is 11.4 Å². The molecule has 160 valence electrons. The van der Waals surface area contributed by atoms with Crippen molar-refractivity contribution in [2.24, 2.45) is 5.41 Å². The number of nitrogens with one attached hydrogen (secondary N) is 2. The van der Waals surface area contributed by atoms with Crippen molar-refractivity contribution in [3.8, 4) is 5.75 Å². The smallest absolute Gasteiger partial charge is 0.225 e. The van der Waals surface area contributed by atoms with Gasteiger partial charge in [-0.05, 0) is 32.4 Å². The van der Waals surface area contributed by atoms with Crippen LogP contribution < -0.4 is 15.4 Å². The zero-order chi connectivity index (χ0) is 21.1. The average molecular weight is 402 g/mol. The van der Waals surface area contributed by atoms with Crippen LogP contribution in [0.4, 0.5) is 0 Å². The fourth-order valence-electron chi connectivity index (χ4n) is 4.06. The maximum Gasteiger partial charge on any atom is 0.225 e. The molecule has 1 saturated heterocycles. The van der Waals surface area contributed by atoms with Crippen LogP contribution in [0.5, 0.6) is 5.75 Å². The molecule has 1 unspecified atom stereocenters. The van der Waals surface area contributed by atoms with E-state index in [9.17, 15) is 9.59 Å². The van der Waals surface area contributed by atoms with E-state index in [2.05, 4.69) is 22.6 Å². The molecule has 1 aromatic rings. The van der Waals surface area contributed by atoms with Crippen LogP contribution in [0.2, 0.25) is 0 Å². The van der Waals surface area contributed by atoms with E-state index >= 15 is 0 Å². The molecule has 2 heterocycles. The number of hydrogen-bond acceptors (Lipinski definition) is 4. The Balaban J connectivity index is 1.57. The van der Waals surface area contributed by atoms with Crippen LogP contribution in [0.3, 0.4) is 0 Å². The largest absolute Gasteiger partial charge is 0.487 e. The molecule has 29 heavy (non-hydrogen) atoms. The Hall–Kier alpha value is -2.08. The number of piperidine rings is 1. The van der Waals surface area contributed by atoms with Crippen LogP contribution in [-0.4, -0.2) is 49.0 Å². The SMILES string of the molecule is CN1CCC2(CC1)CC(NC(=O)CCCNC(=O)C(C)(C)C)c1ccccc1O2. The quantitative estimate of drug-likeness (QED) is 0.744. The van der Waals surface area contributed by atoms with Gasteiger partial charge in [-0.15, -0.1) is 0 Å². The van der Waals surface area contributed by atoms with Crippen molar-refractivity contribution in [1.29, 1.82) is 0 Å². The molecule has 3 rings (SSSR count). The summed E-state index contributed by atoms with van der Waals surface area (Å²) in [5, 5.41) is 6.14. The molecule has 1 atom stereocenters. The predicted molar refractivity (Wildman–Crippen MR) is 114 cm³/mol. The summed E-state index contributed by atoms with van der Waals surface area (Å²) in [6.07, 6.45) is 3.80. The first kappa shape index (κ1) is 21.6. The molecular formula is C23H35N3O3. The van der Waals surface area contributed by atoms with Crippen LogP contribution in [0.1, 0.15) is 64.5 Å². The lowest BCUT2D eigenvalue weighted by atomic mass is 9.80. The fraction of sp³-hybridized carbons (Fsp3) is 0.652. The Kier molecular flexibility index (Phi) is 6.52. The van der Waals surface area contributed by atoms with Gasteiger partial charge in [-0.1, -0.05) is 39.0 Å². The summed E-state index contributed by atoms with van der Waals surface area (Å²) in [5.41, 5.74) is 0.460. The average Bonchev–Trinajstić information content (AvgIpc) is 2.67. The molecule has 0 aliphatic carbocycles. The second kappa shape index (κ2) is 8.74. The number of carbonyl (C=O) groups excluding carboxylic acids is 2. The van der Waals surface area contributed by atoms with E-state index < -0.39 is 5.41 Å². The number of fused-ring (bicyclic) bond motifs is 1. The van der Waals surface area contributed by atoms with Crippen molar-refractivity contribution in [2.75, 3.05) is 26.7 Å². The zero-order valence-electron chi connectivity index (χ0n) is 18.2. The third-order valence-electron chi connectivity index (χ3n) is 5.98. The molecule has 1 spiro atoms. The Morgan fingerprint density at radius 3 is 2.59 bits per heavy atom. The standard InChI is InChI=1S/C23H35N3O3/c1-22(2,3)21(28)24-13-7-10-20(27)25-18-16-23(11-14-26(4)15-12-23)29-19-9-6-5-8-17(18)19/h5-6,8-9,18H,7,10-16H2,1-4H3,(H,24,28)(H,25,27). The van der Waals surface area contributed by atoms with Crippen LogP contribution in [-0.2, 0) is 9.59 Å². The topological polar surface area (TPSA) is 70.7 Å². The molecular weight excluding hydrogens is 366 g/mol. The number of para-hydroxylation sites is 1. The molecule has 2 aliphatic heterocycles. The van der Waals surface area contributed by atoms with Crippen LogP contribution in [0, 0.1) is 5.41 Å². The molecule has 2 aliphatic rings. The second-order valence-electron chi connectivity index (χ2n) is 9.56. The zero-order valence-corrected chi connectivity index (χ0v) is 18.2. The van der Waals surface area contributed by atoms with Gasteiger partial charge >= 0.3 is 0 Å². The molecule has 1 fully saturated rings. The van der Waals surface area contributed by atoms with Gasteiger partial charge in [0.15, 0.2) is 0 Å². The van der Waals surface area contributed by atoms with Crippen molar-refractivity contribution in [3.05, 3.63) is 29.8 Å². The van der Waals surface area contributed by atoms with Gasteiger partial charge in [0.25, 0.3) is 0 Å². The van der Waals surface area contributed by atoms with Crippen molar-refractivity contribution in [3.63, 3.8) is 0 Å². The van der Waals surface area contributed by atoms with Gasteiger partial charge in [0, 0.05) is 43.5 Å². The van der Waals surface area contributed by atoms with Gasteiger partial charge in [0.05, 0.1) is 6.04 Å². The summed E-state index contributed by atoms with van der Waals surface area (Å²) < 4.78 is 6.45. The van der Waals surface area contributed by atoms with E-state index in [-0.39, 0.29) is 23.5 Å². The highest BCUT2D eigenvalue weighted by Gasteiger charge is 2.43. The van der Waals surface area contributed by atoms with Gasteiger partial charge < -0.3 is 20.3 Å². The second-order valence-corrected chi connectivity index (χ2v) is 9.56. The third kappa shape index (κ3) is 5.50. The van der Waals surface area contributed by atoms with Crippen molar-refractivity contribution in [1.82, 2.24) is 15.5 Å². The van der Waals surface area contributed by atoms with Crippen LogP contribution in [0.15, 0.2) is 24.3 Å². The summed E-state index contributed by atoms with van der Waals surface area (Å²) in [6.45, 7) is 8.19. The highest BCUT2D eigenvalue weighted by atomic mass is 16.5. The highest BCUT2D eigenvalue weighted by Crippen LogP contribution is 2.44. The number of ether oxygens (including phenoxy) is 1. The first-order chi connectivity index (χ1) is 13.7. The van der Waals surface area contributed by atoms with E-state index in [1.165, 1.54) is 0 Å². The van der Waals surface area contributed by atoms with E-state index in [0.29, 0.717) is 19.4 Å². The van der Waals surface area contributed by atoms with E-state index in [1.807, 2.05) is 45.0 Å². The number of carbonyl (C=O) groups is 2. The minimum Gasteiger partial charge on any atom is -0.487 e. The Morgan fingerprint density at radius 1 is 1.21 bits per heavy atom.